The molecule has 0 bridgehead atoms. The molecule has 1 aliphatic heterocycles. The van der Waals surface area contributed by atoms with Gasteiger partial charge in [-0.15, -0.1) is 0 Å². The van der Waals surface area contributed by atoms with Crippen LogP contribution in [0.3, 0.4) is 0 Å². The van der Waals surface area contributed by atoms with Gasteiger partial charge in [-0.25, -0.2) is 0 Å². The summed E-state index contributed by atoms with van der Waals surface area (Å²) in [5, 5.41) is 2.96. The molecule has 0 spiro atoms. The first kappa shape index (κ1) is 28.8. The molecule has 3 atom stereocenters. The normalized spacial score (nSPS) is 17.8. The fourth-order valence-electron chi connectivity index (χ4n) is 4.49. The third-order valence-corrected chi connectivity index (χ3v) is 6.55. The van der Waals surface area contributed by atoms with Gasteiger partial charge in [-0.1, -0.05) is 58.0 Å². The molecular formula is C27H45N5O3. The summed E-state index contributed by atoms with van der Waals surface area (Å²) in [5.74, 6) is -0.329. The Labute approximate surface area is 211 Å². The van der Waals surface area contributed by atoms with Gasteiger partial charge >= 0.3 is 0 Å². The molecule has 3 N–H and O–H groups in total. The average Bonchev–Trinajstić information content (AvgIpc) is 3.26. The predicted molar refractivity (Wildman–Crippen MR) is 140 cm³/mol. The zero-order valence-electron chi connectivity index (χ0n) is 22.4. The van der Waals surface area contributed by atoms with Gasteiger partial charge in [-0.3, -0.25) is 14.4 Å². The van der Waals surface area contributed by atoms with Crippen molar-refractivity contribution >= 4 is 17.7 Å². The Balaban J connectivity index is 2.18. The Morgan fingerprint density at radius 1 is 1.17 bits per heavy atom. The molecule has 0 radical (unpaired) electrons. The maximum absolute atomic E-state index is 13.7. The fourth-order valence-corrected chi connectivity index (χ4v) is 4.49. The number of amides is 3. The number of likely N-dealkylation sites (tertiary alicyclic amines) is 1. The Morgan fingerprint density at radius 3 is 2.40 bits per heavy atom. The number of nitrogens with zero attached hydrogens (tertiary/aromatic N) is 3. The van der Waals surface area contributed by atoms with Crippen LogP contribution in [0.1, 0.15) is 52.5 Å². The van der Waals surface area contributed by atoms with Crippen LogP contribution in [0.4, 0.5) is 0 Å². The van der Waals surface area contributed by atoms with E-state index in [4.69, 9.17) is 5.73 Å². The Kier molecular flexibility index (Phi) is 10.7. The molecule has 1 aromatic rings. The second-order valence-corrected chi connectivity index (χ2v) is 11.0. The SMILES string of the molecule is CC[C@@H](N)C(=O)N(CCc1ccccc1)C[C@@H]1CCCN1C(=O)[C@@H](NC(=O)CN(C)C)C(C)(C)C. The standard InChI is InChI=1S/C27H45N5O3/c1-7-22(28)25(34)31(17-15-20-12-9-8-10-13-20)18-21-14-11-16-32(21)26(35)24(27(2,3)4)29-23(33)19-30(5)6/h8-10,12-13,21-22,24H,7,11,14-19,28H2,1-6H3,(H,29,33)/t21-,22+,24+/m0/s1. The van der Waals surface area contributed by atoms with E-state index in [2.05, 4.69) is 17.4 Å². The van der Waals surface area contributed by atoms with E-state index in [1.807, 2.05) is 69.8 Å². The highest BCUT2D eigenvalue weighted by molar-refractivity contribution is 5.89. The molecule has 0 unspecified atom stereocenters. The molecule has 1 saturated heterocycles. The summed E-state index contributed by atoms with van der Waals surface area (Å²) in [6.45, 7) is 9.66. The van der Waals surface area contributed by atoms with Gasteiger partial charge in [0, 0.05) is 25.7 Å². The van der Waals surface area contributed by atoms with E-state index < -0.39 is 17.5 Å². The van der Waals surface area contributed by atoms with Crippen molar-refractivity contribution in [2.45, 2.75) is 71.5 Å². The summed E-state index contributed by atoms with van der Waals surface area (Å²) < 4.78 is 0. The molecule has 8 nitrogen and oxygen atoms in total. The Morgan fingerprint density at radius 2 is 1.83 bits per heavy atom. The Hall–Kier alpha value is -2.45. The van der Waals surface area contributed by atoms with Crippen LogP contribution in [0.15, 0.2) is 30.3 Å². The van der Waals surface area contributed by atoms with Crippen LogP contribution in [0, 0.1) is 5.41 Å². The summed E-state index contributed by atoms with van der Waals surface area (Å²) in [4.78, 5) is 44.8. The molecule has 35 heavy (non-hydrogen) atoms. The molecule has 8 heteroatoms. The molecule has 1 heterocycles. The zero-order valence-corrected chi connectivity index (χ0v) is 22.4. The van der Waals surface area contributed by atoms with Crippen molar-refractivity contribution in [2.24, 2.45) is 11.1 Å². The van der Waals surface area contributed by atoms with Gasteiger partial charge in [0.25, 0.3) is 0 Å². The highest BCUT2D eigenvalue weighted by Gasteiger charge is 2.40. The maximum Gasteiger partial charge on any atom is 0.246 e. The first-order chi connectivity index (χ1) is 16.4. The van der Waals surface area contributed by atoms with Crippen molar-refractivity contribution in [1.29, 1.82) is 0 Å². The average molecular weight is 488 g/mol. The monoisotopic (exact) mass is 487 g/mol. The van der Waals surface area contributed by atoms with Crippen LogP contribution in [-0.4, -0.2) is 90.8 Å². The molecular weight excluding hydrogens is 442 g/mol. The van der Waals surface area contributed by atoms with Gasteiger partial charge in [0.15, 0.2) is 0 Å². The summed E-state index contributed by atoms with van der Waals surface area (Å²) in [6.07, 6.45) is 3.00. The van der Waals surface area contributed by atoms with E-state index in [-0.39, 0.29) is 30.3 Å². The van der Waals surface area contributed by atoms with Crippen LogP contribution < -0.4 is 11.1 Å². The molecule has 3 amide bonds. The molecule has 0 aliphatic carbocycles. The number of likely N-dealkylation sites (N-methyl/N-ethyl adjacent to an activating group) is 1. The van der Waals surface area contributed by atoms with Gasteiger partial charge in [-0.05, 0) is 50.8 Å². The third-order valence-electron chi connectivity index (χ3n) is 6.55. The minimum absolute atomic E-state index is 0.0746. The van der Waals surface area contributed by atoms with Crippen molar-refractivity contribution < 1.29 is 14.4 Å². The van der Waals surface area contributed by atoms with Gasteiger partial charge in [-0.2, -0.15) is 0 Å². The van der Waals surface area contributed by atoms with Crippen LogP contribution in [0.5, 0.6) is 0 Å². The fraction of sp³-hybridized carbons (Fsp3) is 0.667. The molecule has 2 rings (SSSR count). The topological polar surface area (TPSA) is 99.0 Å². The number of carbonyl (C=O) groups is 3. The van der Waals surface area contributed by atoms with Gasteiger partial charge in [0.2, 0.25) is 17.7 Å². The number of carbonyl (C=O) groups excluding carboxylic acids is 3. The predicted octanol–water partition coefficient (Wildman–Crippen LogP) is 1.88. The second-order valence-electron chi connectivity index (χ2n) is 11.0. The van der Waals surface area contributed by atoms with E-state index in [0.29, 0.717) is 26.1 Å². The third kappa shape index (κ3) is 8.61. The summed E-state index contributed by atoms with van der Waals surface area (Å²) in [6, 6.07) is 8.79. The quantitative estimate of drug-likeness (QED) is 0.497. The van der Waals surface area contributed by atoms with Crippen LogP contribution in [0.25, 0.3) is 0 Å². The zero-order chi connectivity index (χ0) is 26.2. The lowest BCUT2D eigenvalue weighted by atomic mass is 9.85. The van der Waals surface area contributed by atoms with Crippen molar-refractivity contribution in [2.75, 3.05) is 40.3 Å². The van der Waals surface area contributed by atoms with Crippen molar-refractivity contribution in [1.82, 2.24) is 20.0 Å². The molecule has 196 valence electrons. The molecule has 0 aromatic heterocycles. The number of rotatable bonds is 11. The lowest BCUT2D eigenvalue weighted by Gasteiger charge is -2.37. The summed E-state index contributed by atoms with van der Waals surface area (Å²) in [5.41, 5.74) is 6.85. The first-order valence-corrected chi connectivity index (χ1v) is 12.8. The van der Waals surface area contributed by atoms with E-state index in [1.165, 1.54) is 0 Å². The molecule has 1 fully saturated rings. The summed E-state index contributed by atoms with van der Waals surface area (Å²) >= 11 is 0. The molecule has 1 aliphatic rings. The van der Waals surface area contributed by atoms with E-state index >= 15 is 0 Å². The van der Waals surface area contributed by atoms with Crippen LogP contribution in [0.2, 0.25) is 0 Å². The Bertz CT molecular complexity index is 837. The number of hydrogen-bond acceptors (Lipinski definition) is 5. The van der Waals surface area contributed by atoms with Crippen LogP contribution in [-0.2, 0) is 20.8 Å². The molecule has 1 aromatic carbocycles. The molecule has 0 saturated carbocycles. The van der Waals surface area contributed by atoms with Crippen molar-refractivity contribution in [3.05, 3.63) is 35.9 Å². The number of nitrogens with one attached hydrogen (secondary N) is 1. The van der Waals surface area contributed by atoms with Crippen LogP contribution >= 0.6 is 0 Å². The summed E-state index contributed by atoms with van der Waals surface area (Å²) in [7, 11) is 3.65. The highest BCUT2D eigenvalue weighted by Crippen LogP contribution is 2.26. The minimum Gasteiger partial charge on any atom is -0.343 e. The number of nitrogens with two attached hydrogens (primary N) is 1. The number of hydrogen-bond donors (Lipinski definition) is 2. The lowest BCUT2D eigenvalue weighted by Crippen LogP contribution is -2.58. The highest BCUT2D eigenvalue weighted by atomic mass is 16.2. The lowest BCUT2D eigenvalue weighted by molar-refractivity contribution is -0.142. The smallest absolute Gasteiger partial charge is 0.246 e. The first-order valence-electron chi connectivity index (χ1n) is 12.8. The van der Waals surface area contributed by atoms with Crippen molar-refractivity contribution in [3.8, 4) is 0 Å². The van der Waals surface area contributed by atoms with Gasteiger partial charge in [0.1, 0.15) is 6.04 Å². The van der Waals surface area contributed by atoms with E-state index in [1.54, 1.807) is 4.90 Å². The van der Waals surface area contributed by atoms with Gasteiger partial charge in [0.05, 0.1) is 12.6 Å². The minimum atomic E-state index is -0.637. The van der Waals surface area contributed by atoms with Crippen molar-refractivity contribution in [3.63, 3.8) is 0 Å². The van der Waals surface area contributed by atoms with E-state index in [0.717, 1.165) is 24.8 Å². The second kappa shape index (κ2) is 13.0. The number of benzene rings is 1. The van der Waals surface area contributed by atoms with Gasteiger partial charge < -0.3 is 25.8 Å². The maximum atomic E-state index is 13.7. The largest absolute Gasteiger partial charge is 0.343 e. The van der Waals surface area contributed by atoms with E-state index in [9.17, 15) is 14.4 Å².